The quantitative estimate of drug-likeness (QED) is 0.657. The Hall–Kier alpha value is -2.60. The molecule has 0 aliphatic carbocycles. The predicted molar refractivity (Wildman–Crippen MR) is 104 cm³/mol. The molecule has 0 radical (unpaired) electrons. The number of amides is 1. The van der Waals surface area contributed by atoms with Crippen LogP contribution in [0.3, 0.4) is 0 Å². The lowest BCUT2D eigenvalue weighted by atomic mass is 10.1. The van der Waals surface area contributed by atoms with E-state index >= 15 is 0 Å². The molecule has 1 atom stereocenters. The molecule has 134 valence electrons. The molecular formula is C20H21N3O2S. The Kier molecular flexibility index (Phi) is 5.42. The molecule has 1 N–H and O–H groups in total. The molecular weight excluding hydrogens is 346 g/mol. The minimum Gasteiger partial charge on any atom is -0.411 e. The molecule has 0 aliphatic rings. The van der Waals surface area contributed by atoms with Crippen LogP contribution in [0, 0.1) is 20.8 Å². The lowest BCUT2D eigenvalue weighted by Gasteiger charge is -2.11. The molecule has 2 aromatic carbocycles. The fourth-order valence-electron chi connectivity index (χ4n) is 2.62. The van der Waals surface area contributed by atoms with E-state index in [0.29, 0.717) is 11.1 Å². The van der Waals surface area contributed by atoms with Crippen LogP contribution in [0.1, 0.15) is 23.6 Å². The molecule has 1 amide bonds. The number of nitrogens with one attached hydrogen (secondary N) is 1. The van der Waals surface area contributed by atoms with Crippen molar-refractivity contribution in [2.24, 2.45) is 0 Å². The van der Waals surface area contributed by atoms with Crippen molar-refractivity contribution in [2.75, 3.05) is 5.32 Å². The highest BCUT2D eigenvalue weighted by molar-refractivity contribution is 8.00. The molecule has 1 unspecified atom stereocenters. The molecule has 0 spiro atoms. The highest BCUT2D eigenvalue weighted by Gasteiger charge is 2.19. The maximum Gasteiger partial charge on any atom is 0.277 e. The number of anilines is 1. The van der Waals surface area contributed by atoms with Gasteiger partial charge < -0.3 is 9.73 Å². The molecule has 1 heterocycles. The monoisotopic (exact) mass is 367 g/mol. The number of rotatable bonds is 5. The van der Waals surface area contributed by atoms with Gasteiger partial charge >= 0.3 is 0 Å². The summed E-state index contributed by atoms with van der Waals surface area (Å²) < 4.78 is 5.74. The molecule has 5 nitrogen and oxygen atoms in total. The van der Waals surface area contributed by atoms with Gasteiger partial charge in [0.15, 0.2) is 0 Å². The van der Waals surface area contributed by atoms with E-state index in [2.05, 4.69) is 21.6 Å². The summed E-state index contributed by atoms with van der Waals surface area (Å²) in [6.45, 7) is 7.83. The Morgan fingerprint density at radius 1 is 1.08 bits per heavy atom. The van der Waals surface area contributed by atoms with Crippen molar-refractivity contribution in [3.05, 3.63) is 59.2 Å². The van der Waals surface area contributed by atoms with Crippen molar-refractivity contribution < 1.29 is 9.21 Å². The van der Waals surface area contributed by atoms with Gasteiger partial charge in [0.25, 0.3) is 5.22 Å². The number of nitrogens with zero attached hydrogens (tertiary/aromatic N) is 2. The van der Waals surface area contributed by atoms with E-state index in [1.807, 2.05) is 64.1 Å². The Morgan fingerprint density at radius 2 is 1.77 bits per heavy atom. The zero-order chi connectivity index (χ0) is 18.7. The molecule has 6 heteroatoms. The topological polar surface area (TPSA) is 68.0 Å². The maximum absolute atomic E-state index is 12.4. The zero-order valence-electron chi connectivity index (χ0n) is 15.2. The van der Waals surface area contributed by atoms with E-state index in [1.54, 1.807) is 0 Å². The minimum absolute atomic E-state index is 0.101. The fourth-order valence-corrected chi connectivity index (χ4v) is 3.31. The second kappa shape index (κ2) is 7.74. The number of thioether (sulfide) groups is 1. The van der Waals surface area contributed by atoms with E-state index in [-0.39, 0.29) is 11.2 Å². The number of carbonyl (C=O) groups excluding carboxylic acids is 1. The average molecular weight is 367 g/mol. The molecule has 0 fully saturated rings. The summed E-state index contributed by atoms with van der Waals surface area (Å²) in [5.41, 5.74) is 5.00. The molecule has 1 aromatic heterocycles. The Morgan fingerprint density at radius 3 is 2.46 bits per heavy atom. The van der Waals surface area contributed by atoms with Gasteiger partial charge in [0.1, 0.15) is 0 Å². The van der Waals surface area contributed by atoms with Crippen LogP contribution in [0.15, 0.2) is 52.1 Å². The SMILES string of the molecule is Cc1cc(C)cc(-c2nnc(SC(C)C(=O)Nc3ccccc3C)o2)c1. The average Bonchev–Trinajstić information content (AvgIpc) is 3.04. The summed E-state index contributed by atoms with van der Waals surface area (Å²) >= 11 is 1.25. The van der Waals surface area contributed by atoms with Crippen molar-refractivity contribution >= 4 is 23.4 Å². The van der Waals surface area contributed by atoms with Gasteiger partial charge in [-0.05, 0) is 51.5 Å². The van der Waals surface area contributed by atoms with Gasteiger partial charge in [-0.25, -0.2) is 0 Å². The van der Waals surface area contributed by atoms with Gasteiger partial charge in [-0.2, -0.15) is 0 Å². The molecule has 0 aliphatic heterocycles. The third kappa shape index (κ3) is 4.32. The Bertz CT molecular complexity index is 916. The van der Waals surface area contributed by atoms with Crippen molar-refractivity contribution in [1.29, 1.82) is 0 Å². The first-order chi connectivity index (χ1) is 12.4. The van der Waals surface area contributed by atoms with Crippen LogP contribution in [-0.2, 0) is 4.79 Å². The number of benzene rings is 2. The smallest absolute Gasteiger partial charge is 0.277 e. The van der Waals surface area contributed by atoms with Gasteiger partial charge in [0.05, 0.1) is 5.25 Å². The summed E-state index contributed by atoms with van der Waals surface area (Å²) in [4.78, 5) is 12.4. The molecule has 0 bridgehead atoms. The Labute approximate surface area is 157 Å². The van der Waals surface area contributed by atoms with E-state index in [4.69, 9.17) is 4.42 Å². The molecule has 0 saturated carbocycles. The van der Waals surface area contributed by atoms with E-state index in [1.165, 1.54) is 11.8 Å². The minimum atomic E-state index is -0.359. The van der Waals surface area contributed by atoms with Crippen molar-refractivity contribution in [3.8, 4) is 11.5 Å². The number of aromatic nitrogens is 2. The second-order valence-corrected chi connectivity index (χ2v) is 7.61. The normalized spacial score (nSPS) is 12.0. The largest absolute Gasteiger partial charge is 0.411 e. The predicted octanol–water partition coefficient (Wildman–Crippen LogP) is 4.78. The third-order valence-electron chi connectivity index (χ3n) is 3.92. The van der Waals surface area contributed by atoms with E-state index < -0.39 is 0 Å². The maximum atomic E-state index is 12.4. The van der Waals surface area contributed by atoms with Gasteiger partial charge in [0.2, 0.25) is 11.8 Å². The summed E-state index contributed by atoms with van der Waals surface area (Å²) in [6.07, 6.45) is 0. The summed E-state index contributed by atoms with van der Waals surface area (Å²) in [5.74, 6) is 0.362. The highest BCUT2D eigenvalue weighted by Crippen LogP contribution is 2.28. The first kappa shape index (κ1) is 18.2. The first-order valence-corrected chi connectivity index (χ1v) is 9.25. The van der Waals surface area contributed by atoms with Crippen LogP contribution < -0.4 is 5.32 Å². The van der Waals surface area contributed by atoms with Gasteiger partial charge in [-0.15, -0.1) is 10.2 Å². The van der Waals surface area contributed by atoms with Crippen LogP contribution >= 0.6 is 11.8 Å². The van der Waals surface area contributed by atoms with E-state index in [9.17, 15) is 4.79 Å². The number of para-hydroxylation sites is 1. The van der Waals surface area contributed by atoms with Crippen LogP contribution in [0.5, 0.6) is 0 Å². The van der Waals surface area contributed by atoms with E-state index in [0.717, 1.165) is 27.9 Å². The van der Waals surface area contributed by atoms with Crippen LogP contribution in [0.25, 0.3) is 11.5 Å². The first-order valence-electron chi connectivity index (χ1n) is 8.37. The third-order valence-corrected chi connectivity index (χ3v) is 4.86. The number of hydrogen-bond donors (Lipinski definition) is 1. The molecule has 3 aromatic rings. The molecule has 26 heavy (non-hydrogen) atoms. The van der Waals surface area contributed by atoms with Gasteiger partial charge in [-0.1, -0.05) is 47.2 Å². The van der Waals surface area contributed by atoms with Crippen molar-refractivity contribution in [2.45, 2.75) is 38.2 Å². The summed E-state index contributed by atoms with van der Waals surface area (Å²) in [7, 11) is 0. The fraction of sp³-hybridized carbons (Fsp3) is 0.250. The number of aryl methyl sites for hydroxylation is 3. The second-order valence-electron chi connectivity index (χ2n) is 6.31. The lowest BCUT2D eigenvalue weighted by molar-refractivity contribution is -0.115. The van der Waals surface area contributed by atoms with Gasteiger partial charge in [0, 0.05) is 11.3 Å². The molecule has 3 rings (SSSR count). The molecule has 0 saturated heterocycles. The van der Waals surface area contributed by atoms with Crippen LogP contribution in [-0.4, -0.2) is 21.4 Å². The summed E-state index contributed by atoms with van der Waals surface area (Å²) in [6, 6.07) is 13.8. The number of carbonyl (C=O) groups is 1. The van der Waals surface area contributed by atoms with Crippen LogP contribution in [0.4, 0.5) is 5.69 Å². The van der Waals surface area contributed by atoms with Crippen molar-refractivity contribution in [3.63, 3.8) is 0 Å². The van der Waals surface area contributed by atoms with Gasteiger partial charge in [-0.3, -0.25) is 4.79 Å². The Balaban J connectivity index is 1.68. The summed E-state index contributed by atoms with van der Waals surface area (Å²) in [5, 5.41) is 11.1. The van der Waals surface area contributed by atoms with Crippen LogP contribution in [0.2, 0.25) is 0 Å². The lowest BCUT2D eigenvalue weighted by Crippen LogP contribution is -2.22. The standard InChI is InChI=1S/C20H21N3O2S/c1-12-9-13(2)11-16(10-12)19-22-23-20(25-19)26-15(4)18(24)21-17-8-6-5-7-14(17)3/h5-11,15H,1-4H3,(H,21,24). The highest BCUT2D eigenvalue weighted by atomic mass is 32.2. The van der Waals surface area contributed by atoms with Crippen molar-refractivity contribution in [1.82, 2.24) is 10.2 Å². The number of hydrogen-bond acceptors (Lipinski definition) is 5. The zero-order valence-corrected chi connectivity index (χ0v) is 16.1.